The Hall–Kier alpha value is -0.440. The maximum absolute atomic E-state index is 12.8. The summed E-state index contributed by atoms with van der Waals surface area (Å²) in [5.74, 6) is -0.0619. The van der Waals surface area contributed by atoms with Crippen LogP contribution in [0.4, 0.5) is 17.6 Å². The highest BCUT2D eigenvalue weighted by Crippen LogP contribution is 2.32. The van der Waals surface area contributed by atoms with Crippen molar-refractivity contribution in [3.63, 3.8) is 0 Å². The van der Waals surface area contributed by atoms with E-state index in [1.54, 1.807) is 13.8 Å². The Kier molecular flexibility index (Phi) is 6.65. The van der Waals surface area contributed by atoms with Crippen LogP contribution in [0.2, 0.25) is 0 Å². The molecule has 4 nitrogen and oxygen atoms in total. The van der Waals surface area contributed by atoms with Crippen molar-refractivity contribution in [2.75, 3.05) is 0 Å². The highest BCUT2D eigenvalue weighted by molar-refractivity contribution is 4.80. The van der Waals surface area contributed by atoms with Crippen LogP contribution in [-0.2, 0) is 18.9 Å². The van der Waals surface area contributed by atoms with Crippen molar-refractivity contribution < 1.29 is 36.5 Å². The van der Waals surface area contributed by atoms with Gasteiger partial charge in [-0.3, -0.25) is 0 Å². The fraction of sp³-hybridized carbons (Fsp3) is 1.00. The molecule has 0 aromatic rings. The lowest BCUT2D eigenvalue weighted by molar-refractivity contribution is -0.304. The van der Waals surface area contributed by atoms with E-state index in [-0.39, 0.29) is 18.1 Å². The van der Waals surface area contributed by atoms with Gasteiger partial charge in [-0.2, -0.15) is 0 Å². The van der Waals surface area contributed by atoms with E-state index in [0.717, 1.165) is 0 Å². The van der Waals surface area contributed by atoms with Crippen molar-refractivity contribution in [1.82, 2.24) is 0 Å². The van der Waals surface area contributed by atoms with Crippen LogP contribution in [0.3, 0.4) is 0 Å². The molecule has 0 bridgehead atoms. The van der Waals surface area contributed by atoms with Crippen LogP contribution in [0, 0.1) is 5.92 Å². The maximum atomic E-state index is 12.8. The molecule has 2 aliphatic rings. The Labute approximate surface area is 133 Å². The summed E-state index contributed by atoms with van der Waals surface area (Å²) in [7, 11) is 0. The Morgan fingerprint density at radius 3 is 2.04 bits per heavy atom. The number of ether oxygens (including phenoxy) is 4. The third-order valence-electron chi connectivity index (χ3n) is 4.46. The average molecular weight is 344 g/mol. The summed E-state index contributed by atoms with van der Waals surface area (Å²) in [4.78, 5) is 0. The first-order valence-electron chi connectivity index (χ1n) is 7.96. The predicted molar refractivity (Wildman–Crippen MR) is 73.4 cm³/mol. The second-order valence-corrected chi connectivity index (χ2v) is 6.30. The molecule has 0 aromatic heterocycles. The van der Waals surface area contributed by atoms with Gasteiger partial charge in [0.05, 0.1) is 24.4 Å². The van der Waals surface area contributed by atoms with Crippen molar-refractivity contribution in [3.8, 4) is 0 Å². The van der Waals surface area contributed by atoms with E-state index >= 15 is 0 Å². The summed E-state index contributed by atoms with van der Waals surface area (Å²) < 4.78 is 71.8. The summed E-state index contributed by atoms with van der Waals surface area (Å²) >= 11 is 0. The van der Waals surface area contributed by atoms with Gasteiger partial charge in [-0.05, 0) is 33.1 Å². The van der Waals surface area contributed by atoms with Crippen molar-refractivity contribution in [2.24, 2.45) is 5.92 Å². The van der Waals surface area contributed by atoms with Crippen LogP contribution >= 0.6 is 0 Å². The molecule has 136 valence electrons. The van der Waals surface area contributed by atoms with Crippen LogP contribution in [0.1, 0.15) is 40.0 Å². The summed E-state index contributed by atoms with van der Waals surface area (Å²) in [6.45, 7) is 5.31. The van der Waals surface area contributed by atoms with E-state index in [2.05, 4.69) is 0 Å². The van der Waals surface area contributed by atoms with Crippen LogP contribution < -0.4 is 0 Å². The van der Waals surface area contributed by atoms with E-state index in [1.807, 2.05) is 6.92 Å². The number of rotatable bonds is 5. The molecule has 8 heteroatoms. The van der Waals surface area contributed by atoms with Crippen molar-refractivity contribution in [2.45, 2.75) is 89.9 Å². The minimum Gasteiger partial charge on any atom is -0.344 e. The van der Waals surface area contributed by atoms with Gasteiger partial charge in [-0.1, -0.05) is 6.92 Å². The fourth-order valence-electron chi connectivity index (χ4n) is 3.00. The van der Waals surface area contributed by atoms with Gasteiger partial charge >= 0.3 is 0 Å². The molecule has 7 atom stereocenters. The topological polar surface area (TPSA) is 36.9 Å². The first-order valence-corrected chi connectivity index (χ1v) is 7.96. The molecule has 0 saturated carbocycles. The van der Waals surface area contributed by atoms with Crippen LogP contribution in [0.15, 0.2) is 0 Å². The minimum absolute atomic E-state index is 0.0619. The number of hydrogen-bond acceptors (Lipinski definition) is 4. The fourth-order valence-corrected chi connectivity index (χ4v) is 3.00. The number of hydrogen-bond donors (Lipinski definition) is 0. The maximum Gasteiger partial charge on any atom is 0.288 e. The van der Waals surface area contributed by atoms with Gasteiger partial charge in [0.15, 0.2) is 0 Å². The van der Waals surface area contributed by atoms with Gasteiger partial charge in [-0.15, -0.1) is 0 Å². The molecule has 0 spiro atoms. The lowest BCUT2D eigenvalue weighted by atomic mass is 9.92. The lowest BCUT2D eigenvalue weighted by Crippen LogP contribution is -2.47. The Morgan fingerprint density at radius 2 is 1.43 bits per heavy atom. The third-order valence-corrected chi connectivity index (χ3v) is 4.46. The second-order valence-electron chi connectivity index (χ2n) is 6.30. The monoisotopic (exact) mass is 344 g/mol. The van der Waals surface area contributed by atoms with Crippen molar-refractivity contribution in [1.29, 1.82) is 0 Å². The minimum atomic E-state index is -2.71. The summed E-state index contributed by atoms with van der Waals surface area (Å²) in [6, 6.07) is 0. The van der Waals surface area contributed by atoms with Gasteiger partial charge in [0.2, 0.25) is 12.6 Å². The average Bonchev–Trinajstić information content (AvgIpc) is 2.47. The Balaban J connectivity index is 1.88. The highest BCUT2D eigenvalue weighted by atomic mass is 19.3. The molecule has 2 fully saturated rings. The predicted octanol–water partition coefficient (Wildman–Crippen LogP) is 3.58. The molecule has 0 aliphatic carbocycles. The molecule has 2 aliphatic heterocycles. The lowest BCUT2D eigenvalue weighted by Gasteiger charge is -2.40. The molecular formula is C15H24F4O4. The first-order chi connectivity index (χ1) is 10.8. The smallest absolute Gasteiger partial charge is 0.288 e. The molecule has 0 aromatic carbocycles. The quantitative estimate of drug-likeness (QED) is 0.715. The first kappa shape index (κ1) is 18.9. The largest absolute Gasteiger partial charge is 0.344 e. The van der Waals surface area contributed by atoms with Crippen LogP contribution in [-0.4, -0.2) is 49.8 Å². The molecule has 0 amide bonds. The zero-order valence-electron chi connectivity index (χ0n) is 13.5. The van der Waals surface area contributed by atoms with E-state index in [0.29, 0.717) is 19.3 Å². The summed E-state index contributed by atoms with van der Waals surface area (Å²) in [6.07, 6.45) is -8.56. The van der Waals surface area contributed by atoms with Crippen molar-refractivity contribution >= 4 is 0 Å². The molecule has 2 heterocycles. The molecule has 7 unspecified atom stereocenters. The van der Waals surface area contributed by atoms with Gasteiger partial charge in [-0.25, -0.2) is 17.6 Å². The molecular weight excluding hydrogens is 320 g/mol. The zero-order chi connectivity index (χ0) is 17.1. The Morgan fingerprint density at radius 1 is 0.826 bits per heavy atom. The normalized spacial score (nSPS) is 42.4. The number of halogens is 4. The van der Waals surface area contributed by atoms with Gasteiger partial charge in [0.25, 0.3) is 12.9 Å². The molecule has 23 heavy (non-hydrogen) atoms. The van der Waals surface area contributed by atoms with Crippen LogP contribution in [0.5, 0.6) is 0 Å². The van der Waals surface area contributed by atoms with Gasteiger partial charge in [0.1, 0.15) is 0 Å². The summed E-state index contributed by atoms with van der Waals surface area (Å²) in [5, 5.41) is 0. The third kappa shape index (κ3) is 5.01. The van der Waals surface area contributed by atoms with E-state index in [4.69, 9.17) is 18.9 Å². The van der Waals surface area contributed by atoms with E-state index in [1.165, 1.54) is 0 Å². The molecule has 0 radical (unpaired) electrons. The molecule has 2 saturated heterocycles. The second kappa shape index (κ2) is 8.09. The Bertz CT molecular complexity index is 371. The number of alkyl halides is 4. The van der Waals surface area contributed by atoms with Crippen LogP contribution in [0.25, 0.3) is 0 Å². The zero-order valence-corrected chi connectivity index (χ0v) is 13.5. The molecule has 2 rings (SSSR count). The highest BCUT2D eigenvalue weighted by Gasteiger charge is 2.39. The van der Waals surface area contributed by atoms with E-state index in [9.17, 15) is 17.6 Å². The van der Waals surface area contributed by atoms with Crippen molar-refractivity contribution in [3.05, 3.63) is 0 Å². The van der Waals surface area contributed by atoms with Gasteiger partial charge < -0.3 is 18.9 Å². The van der Waals surface area contributed by atoms with E-state index < -0.39 is 37.6 Å². The summed E-state index contributed by atoms with van der Waals surface area (Å²) in [5.41, 5.74) is 0. The van der Waals surface area contributed by atoms with Gasteiger partial charge in [0, 0.05) is 5.92 Å². The SMILES string of the molecule is CC1CC(CCC2OC(C(F)F)OC(C)C2C)OC(C(F)F)O1. The standard InChI is InChI=1S/C15H24F4O4/c1-7-6-10(22-14(20-7)12(16)17)4-5-11-8(2)9(3)21-15(23-11)13(18)19/h7-15H,4-6H2,1-3H3. The molecule has 0 N–H and O–H groups in total.